The van der Waals surface area contributed by atoms with Crippen LogP contribution in [-0.4, -0.2) is 19.4 Å². The summed E-state index contributed by atoms with van der Waals surface area (Å²) in [5, 5.41) is -0.169. The standard InChI is InChI=1S/C17H27NO2S/c1-17(2,3)14-10-8-13(9-11-14)16(18)12-21(19,20)15-6-4-5-7-15/h8-11,15-16H,4-7,12,18H2,1-3H3. The Balaban J connectivity index is 2.08. The molecule has 0 saturated heterocycles. The smallest absolute Gasteiger partial charge is 0.155 e. The normalized spacial score (nSPS) is 18.9. The van der Waals surface area contributed by atoms with Crippen LogP contribution in [0.5, 0.6) is 0 Å². The summed E-state index contributed by atoms with van der Waals surface area (Å²) in [6, 6.07) is 7.61. The van der Waals surface area contributed by atoms with E-state index in [-0.39, 0.29) is 16.4 Å². The highest BCUT2D eigenvalue weighted by Gasteiger charge is 2.30. The highest BCUT2D eigenvalue weighted by molar-refractivity contribution is 7.92. The molecule has 0 radical (unpaired) electrons. The van der Waals surface area contributed by atoms with Gasteiger partial charge in [-0.2, -0.15) is 0 Å². The van der Waals surface area contributed by atoms with E-state index in [4.69, 9.17) is 5.73 Å². The molecule has 21 heavy (non-hydrogen) atoms. The van der Waals surface area contributed by atoms with Gasteiger partial charge in [0, 0.05) is 6.04 Å². The van der Waals surface area contributed by atoms with Gasteiger partial charge in [-0.15, -0.1) is 0 Å². The molecular weight excluding hydrogens is 282 g/mol. The third-order valence-electron chi connectivity index (χ3n) is 4.43. The van der Waals surface area contributed by atoms with Gasteiger partial charge in [0.05, 0.1) is 11.0 Å². The van der Waals surface area contributed by atoms with Crippen LogP contribution < -0.4 is 5.73 Å². The molecule has 1 fully saturated rings. The monoisotopic (exact) mass is 309 g/mol. The van der Waals surface area contributed by atoms with Crippen molar-refractivity contribution in [2.45, 2.75) is 63.2 Å². The van der Waals surface area contributed by atoms with E-state index in [1.807, 2.05) is 12.1 Å². The molecule has 1 aromatic carbocycles. The zero-order valence-corrected chi connectivity index (χ0v) is 14.1. The van der Waals surface area contributed by atoms with Gasteiger partial charge in [0.25, 0.3) is 0 Å². The Bertz CT molecular complexity index is 564. The molecule has 118 valence electrons. The summed E-state index contributed by atoms with van der Waals surface area (Å²) in [5.74, 6) is 0.0620. The van der Waals surface area contributed by atoms with Crippen LogP contribution in [0.4, 0.5) is 0 Å². The molecule has 1 atom stereocenters. The van der Waals surface area contributed by atoms with Gasteiger partial charge in [0.15, 0.2) is 9.84 Å². The van der Waals surface area contributed by atoms with Crippen molar-refractivity contribution in [2.24, 2.45) is 5.73 Å². The van der Waals surface area contributed by atoms with Gasteiger partial charge in [-0.3, -0.25) is 0 Å². The average molecular weight is 309 g/mol. The zero-order valence-electron chi connectivity index (χ0n) is 13.3. The van der Waals surface area contributed by atoms with Gasteiger partial charge >= 0.3 is 0 Å². The van der Waals surface area contributed by atoms with E-state index in [2.05, 4.69) is 32.9 Å². The topological polar surface area (TPSA) is 60.2 Å². The number of nitrogens with two attached hydrogens (primary N) is 1. The van der Waals surface area contributed by atoms with Crippen molar-refractivity contribution >= 4 is 9.84 Å². The van der Waals surface area contributed by atoms with E-state index in [1.165, 1.54) is 5.56 Å². The quantitative estimate of drug-likeness (QED) is 0.928. The Morgan fingerprint density at radius 3 is 2.14 bits per heavy atom. The van der Waals surface area contributed by atoms with Gasteiger partial charge in [-0.05, 0) is 29.4 Å². The lowest BCUT2D eigenvalue weighted by atomic mass is 9.86. The van der Waals surface area contributed by atoms with Gasteiger partial charge in [-0.1, -0.05) is 57.9 Å². The fourth-order valence-electron chi connectivity index (χ4n) is 2.96. The van der Waals surface area contributed by atoms with Gasteiger partial charge < -0.3 is 5.73 Å². The van der Waals surface area contributed by atoms with Crippen LogP contribution in [0.15, 0.2) is 24.3 Å². The fraction of sp³-hybridized carbons (Fsp3) is 0.647. The predicted molar refractivity (Wildman–Crippen MR) is 88.1 cm³/mol. The van der Waals surface area contributed by atoms with Crippen molar-refractivity contribution in [3.05, 3.63) is 35.4 Å². The van der Waals surface area contributed by atoms with E-state index in [1.54, 1.807) is 0 Å². The molecule has 0 amide bonds. The fourth-order valence-corrected chi connectivity index (χ4v) is 4.98. The number of sulfone groups is 1. The second-order valence-electron chi connectivity index (χ2n) is 7.21. The van der Waals surface area contributed by atoms with E-state index in [0.717, 1.165) is 31.2 Å². The lowest BCUT2D eigenvalue weighted by Gasteiger charge is -2.21. The third-order valence-corrected chi connectivity index (χ3v) is 6.74. The van der Waals surface area contributed by atoms with E-state index in [0.29, 0.717) is 0 Å². The zero-order chi connectivity index (χ0) is 15.7. The number of benzene rings is 1. The maximum Gasteiger partial charge on any atom is 0.155 e. The summed E-state index contributed by atoms with van der Waals surface area (Å²) in [6.07, 6.45) is 3.66. The molecule has 2 rings (SSSR count). The summed E-state index contributed by atoms with van der Waals surface area (Å²) in [7, 11) is -3.07. The predicted octanol–water partition coefficient (Wildman–Crippen LogP) is 3.34. The first-order valence-electron chi connectivity index (χ1n) is 7.78. The molecular formula is C17H27NO2S. The largest absolute Gasteiger partial charge is 0.323 e. The first kappa shape index (κ1) is 16.5. The van der Waals surface area contributed by atoms with Crippen LogP contribution in [0.2, 0.25) is 0 Å². The maximum absolute atomic E-state index is 12.4. The molecule has 0 bridgehead atoms. The van der Waals surface area contributed by atoms with Gasteiger partial charge in [0.2, 0.25) is 0 Å². The summed E-state index contributed by atoms with van der Waals surface area (Å²) in [4.78, 5) is 0. The summed E-state index contributed by atoms with van der Waals surface area (Å²) >= 11 is 0. The molecule has 3 nitrogen and oxygen atoms in total. The summed E-state index contributed by atoms with van der Waals surface area (Å²) in [6.45, 7) is 6.48. The Morgan fingerprint density at radius 1 is 1.14 bits per heavy atom. The molecule has 1 aliphatic rings. The lowest BCUT2D eigenvalue weighted by molar-refractivity contribution is 0.572. The lowest BCUT2D eigenvalue weighted by Crippen LogP contribution is -2.28. The van der Waals surface area contributed by atoms with E-state index in [9.17, 15) is 8.42 Å². The van der Waals surface area contributed by atoms with Crippen molar-refractivity contribution < 1.29 is 8.42 Å². The highest BCUT2D eigenvalue weighted by Crippen LogP contribution is 2.28. The Kier molecular flexibility index (Phi) is 4.79. The minimum absolute atomic E-state index is 0.0620. The second-order valence-corrected chi connectivity index (χ2v) is 9.54. The first-order valence-corrected chi connectivity index (χ1v) is 9.49. The minimum Gasteiger partial charge on any atom is -0.323 e. The molecule has 1 aromatic rings. The van der Waals surface area contributed by atoms with Crippen molar-refractivity contribution in [2.75, 3.05) is 5.75 Å². The molecule has 1 aliphatic carbocycles. The molecule has 0 spiro atoms. The van der Waals surface area contributed by atoms with Crippen LogP contribution in [0.1, 0.15) is 63.6 Å². The second kappa shape index (κ2) is 6.09. The van der Waals surface area contributed by atoms with E-state index >= 15 is 0 Å². The van der Waals surface area contributed by atoms with Crippen LogP contribution >= 0.6 is 0 Å². The molecule has 0 heterocycles. The van der Waals surface area contributed by atoms with Crippen LogP contribution in [0.25, 0.3) is 0 Å². The molecule has 1 unspecified atom stereocenters. The average Bonchev–Trinajstić information content (AvgIpc) is 2.92. The summed E-state index contributed by atoms with van der Waals surface area (Å²) in [5.41, 5.74) is 8.36. The Labute approximate surface area is 128 Å². The highest BCUT2D eigenvalue weighted by atomic mass is 32.2. The summed E-state index contributed by atoms with van der Waals surface area (Å²) < 4.78 is 24.7. The van der Waals surface area contributed by atoms with Crippen molar-refractivity contribution in [3.63, 3.8) is 0 Å². The molecule has 0 aromatic heterocycles. The molecule has 1 saturated carbocycles. The molecule has 2 N–H and O–H groups in total. The van der Waals surface area contributed by atoms with Gasteiger partial charge in [-0.25, -0.2) is 8.42 Å². The van der Waals surface area contributed by atoms with Crippen LogP contribution in [0, 0.1) is 0 Å². The Morgan fingerprint density at radius 2 is 1.67 bits per heavy atom. The first-order chi connectivity index (χ1) is 9.70. The third kappa shape index (κ3) is 4.07. The molecule has 4 heteroatoms. The van der Waals surface area contributed by atoms with Crippen molar-refractivity contribution in [3.8, 4) is 0 Å². The van der Waals surface area contributed by atoms with Crippen LogP contribution in [0.3, 0.4) is 0 Å². The van der Waals surface area contributed by atoms with Gasteiger partial charge in [0.1, 0.15) is 0 Å². The number of hydrogen-bond donors (Lipinski definition) is 1. The number of rotatable bonds is 4. The Hall–Kier alpha value is -0.870. The number of hydrogen-bond acceptors (Lipinski definition) is 3. The SMILES string of the molecule is CC(C)(C)c1ccc(C(N)CS(=O)(=O)C2CCCC2)cc1. The van der Waals surface area contributed by atoms with Crippen LogP contribution in [-0.2, 0) is 15.3 Å². The molecule has 0 aliphatic heterocycles. The minimum atomic E-state index is -3.07. The van der Waals surface area contributed by atoms with E-state index < -0.39 is 15.9 Å². The van der Waals surface area contributed by atoms with Crippen molar-refractivity contribution in [1.82, 2.24) is 0 Å². The maximum atomic E-state index is 12.4. The van der Waals surface area contributed by atoms with Crippen molar-refractivity contribution in [1.29, 1.82) is 0 Å².